The smallest absolute Gasteiger partial charge is 0.204 e. The predicted octanol–water partition coefficient (Wildman–Crippen LogP) is 2.41. The summed E-state index contributed by atoms with van der Waals surface area (Å²) < 4.78 is 17.9. The molecule has 0 amide bonds. The van der Waals surface area contributed by atoms with Gasteiger partial charge in [-0.05, 0) is 31.5 Å². The highest BCUT2D eigenvalue weighted by Crippen LogP contribution is 2.17. The zero-order valence-corrected chi connectivity index (χ0v) is 12.7. The highest BCUT2D eigenvalue weighted by atomic mass is 16.7. The van der Waals surface area contributed by atoms with Gasteiger partial charge in [0.1, 0.15) is 11.4 Å². The first-order chi connectivity index (χ1) is 10.3. The van der Waals surface area contributed by atoms with Crippen LogP contribution in [-0.2, 0) is 16.0 Å². The quantitative estimate of drug-likeness (QED) is 0.699. The summed E-state index contributed by atoms with van der Waals surface area (Å²) >= 11 is 0. The molecule has 21 heavy (non-hydrogen) atoms. The van der Waals surface area contributed by atoms with E-state index in [9.17, 15) is 0 Å². The molecule has 0 aliphatic carbocycles. The predicted molar refractivity (Wildman–Crippen MR) is 78.1 cm³/mol. The first kappa shape index (κ1) is 15.5. The van der Waals surface area contributed by atoms with Crippen molar-refractivity contribution in [3.8, 4) is 5.75 Å². The molecule has 2 rings (SSSR count). The molecule has 0 bridgehead atoms. The highest BCUT2D eigenvalue weighted by molar-refractivity contribution is 5.27. The van der Waals surface area contributed by atoms with Crippen LogP contribution in [0.25, 0.3) is 0 Å². The van der Waals surface area contributed by atoms with Crippen LogP contribution in [-0.4, -0.2) is 35.3 Å². The summed E-state index contributed by atoms with van der Waals surface area (Å²) in [7, 11) is 1.65. The van der Waals surface area contributed by atoms with Crippen LogP contribution in [0.3, 0.4) is 0 Å². The second-order valence-electron chi connectivity index (χ2n) is 4.43. The Balaban J connectivity index is 2.04. The van der Waals surface area contributed by atoms with Crippen molar-refractivity contribution in [2.45, 2.75) is 26.7 Å². The van der Waals surface area contributed by atoms with Gasteiger partial charge in [0.05, 0.1) is 19.9 Å². The van der Waals surface area contributed by atoms with Gasteiger partial charge in [0.2, 0.25) is 6.29 Å². The van der Waals surface area contributed by atoms with E-state index in [0.717, 1.165) is 11.3 Å². The molecule has 0 fully saturated rings. The Bertz CT molecular complexity index is 533. The Kier molecular flexibility index (Phi) is 5.71. The van der Waals surface area contributed by atoms with E-state index in [0.29, 0.717) is 25.5 Å². The van der Waals surface area contributed by atoms with Crippen LogP contribution in [0.4, 0.5) is 0 Å². The maximum atomic E-state index is 5.51. The third-order valence-electron chi connectivity index (χ3n) is 2.94. The van der Waals surface area contributed by atoms with E-state index in [-0.39, 0.29) is 0 Å². The summed E-state index contributed by atoms with van der Waals surface area (Å²) in [5.74, 6) is 0.839. The molecule has 1 heterocycles. The van der Waals surface area contributed by atoms with Crippen molar-refractivity contribution in [3.63, 3.8) is 0 Å². The monoisotopic (exact) mass is 291 g/mol. The van der Waals surface area contributed by atoms with Crippen molar-refractivity contribution in [3.05, 3.63) is 41.7 Å². The number of hydrogen-bond acceptors (Lipinski definition) is 5. The summed E-state index contributed by atoms with van der Waals surface area (Å²) in [5.41, 5.74) is 1.81. The molecule has 6 nitrogen and oxygen atoms in total. The van der Waals surface area contributed by atoms with Crippen molar-refractivity contribution in [2.24, 2.45) is 0 Å². The number of ether oxygens (including phenoxy) is 3. The van der Waals surface area contributed by atoms with Crippen LogP contribution in [0.2, 0.25) is 0 Å². The van der Waals surface area contributed by atoms with Gasteiger partial charge in [0.15, 0.2) is 0 Å². The minimum Gasteiger partial charge on any atom is -0.497 e. The first-order valence-corrected chi connectivity index (χ1v) is 7.03. The van der Waals surface area contributed by atoms with Crippen LogP contribution in [0, 0.1) is 0 Å². The van der Waals surface area contributed by atoms with E-state index >= 15 is 0 Å². The Hall–Kier alpha value is -1.92. The van der Waals surface area contributed by atoms with E-state index in [1.807, 2.05) is 44.3 Å². The molecule has 0 aliphatic rings. The Morgan fingerprint density at radius 3 is 2.33 bits per heavy atom. The summed E-state index contributed by atoms with van der Waals surface area (Å²) in [6, 6.07) is 7.86. The number of hydrogen-bond donors (Lipinski definition) is 0. The Morgan fingerprint density at radius 1 is 1.10 bits per heavy atom. The molecule has 0 atom stereocenters. The van der Waals surface area contributed by atoms with E-state index in [1.54, 1.807) is 11.8 Å². The fraction of sp³-hybridized carbons (Fsp3) is 0.467. The Morgan fingerprint density at radius 2 is 1.76 bits per heavy atom. The van der Waals surface area contributed by atoms with Gasteiger partial charge in [0.25, 0.3) is 0 Å². The average Bonchev–Trinajstić information content (AvgIpc) is 2.96. The van der Waals surface area contributed by atoms with Crippen molar-refractivity contribution >= 4 is 0 Å². The average molecular weight is 291 g/mol. The highest BCUT2D eigenvalue weighted by Gasteiger charge is 2.15. The molecule has 114 valence electrons. The molecule has 0 radical (unpaired) electrons. The van der Waals surface area contributed by atoms with Crippen molar-refractivity contribution in [1.82, 2.24) is 15.0 Å². The van der Waals surface area contributed by atoms with E-state index < -0.39 is 6.29 Å². The lowest BCUT2D eigenvalue weighted by molar-refractivity contribution is -0.142. The molecule has 0 aliphatic heterocycles. The van der Waals surface area contributed by atoms with E-state index in [2.05, 4.69) is 10.3 Å². The summed E-state index contributed by atoms with van der Waals surface area (Å²) in [4.78, 5) is 0. The molecule has 2 aromatic rings. The van der Waals surface area contributed by atoms with Crippen molar-refractivity contribution < 1.29 is 14.2 Å². The summed E-state index contributed by atoms with van der Waals surface area (Å²) in [5, 5.41) is 8.24. The summed E-state index contributed by atoms with van der Waals surface area (Å²) in [6.07, 6.45) is 1.39. The molecule has 0 spiro atoms. The zero-order chi connectivity index (χ0) is 15.1. The number of rotatable bonds is 8. The third kappa shape index (κ3) is 4.27. The SMILES string of the molecule is CCOC(OCC)c1cn(Cc2ccc(OC)cc2)nn1. The van der Waals surface area contributed by atoms with Gasteiger partial charge >= 0.3 is 0 Å². The Labute approximate surface area is 124 Å². The molecular formula is C15H21N3O3. The van der Waals surface area contributed by atoms with Gasteiger partial charge in [-0.25, -0.2) is 4.68 Å². The second kappa shape index (κ2) is 7.75. The van der Waals surface area contributed by atoms with Crippen LogP contribution in [0.5, 0.6) is 5.75 Å². The van der Waals surface area contributed by atoms with Gasteiger partial charge in [-0.1, -0.05) is 17.3 Å². The molecular weight excluding hydrogens is 270 g/mol. The number of aromatic nitrogens is 3. The third-order valence-corrected chi connectivity index (χ3v) is 2.94. The van der Waals surface area contributed by atoms with Crippen molar-refractivity contribution in [1.29, 1.82) is 0 Å². The lowest BCUT2D eigenvalue weighted by Gasteiger charge is -2.13. The van der Waals surface area contributed by atoms with Crippen molar-refractivity contribution in [2.75, 3.05) is 20.3 Å². The molecule has 6 heteroatoms. The number of methoxy groups -OCH3 is 1. The normalized spacial score (nSPS) is 11.0. The van der Waals surface area contributed by atoms with Crippen LogP contribution < -0.4 is 4.74 Å². The van der Waals surface area contributed by atoms with Gasteiger partial charge in [0, 0.05) is 13.2 Å². The van der Waals surface area contributed by atoms with Gasteiger partial charge in [-0.3, -0.25) is 0 Å². The van der Waals surface area contributed by atoms with Crippen LogP contribution in [0.15, 0.2) is 30.5 Å². The van der Waals surface area contributed by atoms with Gasteiger partial charge in [-0.15, -0.1) is 5.10 Å². The molecule has 0 unspecified atom stereocenters. The van der Waals surface area contributed by atoms with Gasteiger partial charge < -0.3 is 14.2 Å². The molecule has 1 aromatic heterocycles. The maximum Gasteiger partial charge on any atom is 0.204 e. The molecule has 0 saturated heterocycles. The fourth-order valence-corrected chi connectivity index (χ4v) is 1.94. The second-order valence-corrected chi connectivity index (χ2v) is 4.43. The maximum absolute atomic E-state index is 5.51. The standard InChI is InChI=1S/C15H21N3O3/c1-4-20-15(21-5-2)14-11-18(17-16-14)10-12-6-8-13(19-3)9-7-12/h6-9,11,15H,4-5,10H2,1-3H3. The number of nitrogens with zero attached hydrogens (tertiary/aromatic N) is 3. The summed E-state index contributed by atoms with van der Waals surface area (Å²) in [6.45, 7) is 5.62. The van der Waals surface area contributed by atoms with Gasteiger partial charge in [-0.2, -0.15) is 0 Å². The zero-order valence-electron chi connectivity index (χ0n) is 12.7. The topological polar surface area (TPSA) is 58.4 Å². The van der Waals surface area contributed by atoms with Crippen LogP contribution >= 0.6 is 0 Å². The largest absolute Gasteiger partial charge is 0.497 e. The van der Waals surface area contributed by atoms with E-state index in [1.165, 1.54) is 0 Å². The molecule has 1 aromatic carbocycles. The minimum atomic E-state index is -0.454. The molecule has 0 saturated carbocycles. The molecule has 0 N–H and O–H groups in total. The van der Waals surface area contributed by atoms with E-state index in [4.69, 9.17) is 14.2 Å². The first-order valence-electron chi connectivity index (χ1n) is 7.03. The fourth-order valence-electron chi connectivity index (χ4n) is 1.94. The lowest BCUT2D eigenvalue weighted by Crippen LogP contribution is -2.09. The lowest BCUT2D eigenvalue weighted by atomic mass is 10.2. The number of benzene rings is 1. The van der Waals surface area contributed by atoms with Crippen LogP contribution in [0.1, 0.15) is 31.4 Å². The minimum absolute atomic E-state index is 0.454.